The molecule has 114 valence electrons. The lowest BCUT2D eigenvalue weighted by molar-refractivity contribution is -0.0234. The van der Waals surface area contributed by atoms with Crippen molar-refractivity contribution in [1.82, 2.24) is 15.0 Å². The number of morpholine rings is 1. The van der Waals surface area contributed by atoms with Crippen LogP contribution in [0, 0.1) is 0 Å². The van der Waals surface area contributed by atoms with Crippen molar-refractivity contribution < 1.29 is 9.26 Å². The fourth-order valence-electron chi connectivity index (χ4n) is 2.44. The third-order valence-corrected chi connectivity index (χ3v) is 4.43. The van der Waals surface area contributed by atoms with E-state index in [4.69, 9.17) is 15.0 Å². The summed E-state index contributed by atoms with van der Waals surface area (Å²) >= 11 is 1.62. The summed E-state index contributed by atoms with van der Waals surface area (Å²) in [6.45, 7) is 4.26. The minimum atomic E-state index is 0.174. The van der Waals surface area contributed by atoms with Crippen LogP contribution in [-0.2, 0) is 11.2 Å². The van der Waals surface area contributed by atoms with Crippen LogP contribution in [0.1, 0.15) is 12.3 Å². The summed E-state index contributed by atoms with van der Waals surface area (Å²) in [6.07, 6.45) is 1.99. The number of thiophene rings is 1. The summed E-state index contributed by atoms with van der Waals surface area (Å²) in [5.74, 6) is 1.40. The number of hydrogen-bond acceptors (Lipinski definition) is 7. The number of ether oxygens (including phenoxy) is 1. The standard InChI is InChI=1S/C14H20N4O2S/c15-9-11-10-18(6-7-19-11)5-1-4-13-16-14(17-20-13)12-3-2-8-21-12/h2-3,8,11H,1,4-7,9-10,15H2. The molecule has 1 unspecified atom stereocenters. The Labute approximate surface area is 127 Å². The number of nitrogens with zero attached hydrogens (tertiary/aromatic N) is 3. The van der Waals surface area contributed by atoms with E-state index in [0.717, 1.165) is 44.0 Å². The Hall–Kier alpha value is -1.28. The van der Waals surface area contributed by atoms with Gasteiger partial charge in [-0.2, -0.15) is 4.98 Å². The van der Waals surface area contributed by atoms with Crippen molar-refractivity contribution in [2.75, 3.05) is 32.8 Å². The van der Waals surface area contributed by atoms with Gasteiger partial charge in [-0.15, -0.1) is 11.3 Å². The SMILES string of the molecule is NCC1CN(CCCc2nc(-c3cccs3)no2)CCO1. The van der Waals surface area contributed by atoms with Gasteiger partial charge in [-0.25, -0.2) is 0 Å². The van der Waals surface area contributed by atoms with E-state index in [-0.39, 0.29) is 6.10 Å². The first-order chi connectivity index (χ1) is 10.3. The van der Waals surface area contributed by atoms with Crippen LogP contribution in [0.25, 0.3) is 10.7 Å². The first-order valence-electron chi connectivity index (χ1n) is 7.25. The Kier molecular flexibility index (Phi) is 4.97. The number of hydrogen-bond donors (Lipinski definition) is 1. The highest BCUT2D eigenvalue weighted by molar-refractivity contribution is 7.13. The first-order valence-corrected chi connectivity index (χ1v) is 8.13. The monoisotopic (exact) mass is 308 g/mol. The normalized spacial score (nSPS) is 20.0. The molecule has 1 atom stereocenters. The molecule has 3 heterocycles. The van der Waals surface area contributed by atoms with Crippen LogP contribution in [0.4, 0.5) is 0 Å². The molecule has 0 saturated carbocycles. The maximum atomic E-state index is 5.65. The van der Waals surface area contributed by atoms with Crippen LogP contribution in [-0.4, -0.2) is 53.9 Å². The van der Waals surface area contributed by atoms with Gasteiger partial charge in [0.15, 0.2) is 0 Å². The zero-order valence-electron chi connectivity index (χ0n) is 11.9. The number of aryl methyl sites for hydroxylation is 1. The molecule has 2 aromatic rings. The van der Waals surface area contributed by atoms with Crippen molar-refractivity contribution in [1.29, 1.82) is 0 Å². The molecule has 21 heavy (non-hydrogen) atoms. The van der Waals surface area contributed by atoms with Crippen molar-refractivity contribution >= 4 is 11.3 Å². The zero-order chi connectivity index (χ0) is 14.5. The van der Waals surface area contributed by atoms with E-state index >= 15 is 0 Å². The van der Waals surface area contributed by atoms with Crippen molar-refractivity contribution in [3.63, 3.8) is 0 Å². The Morgan fingerprint density at radius 1 is 1.48 bits per heavy atom. The van der Waals surface area contributed by atoms with Gasteiger partial charge in [0.1, 0.15) is 0 Å². The Morgan fingerprint density at radius 3 is 3.24 bits per heavy atom. The van der Waals surface area contributed by atoms with Crippen LogP contribution in [0.3, 0.4) is 0 Å². The van der Waals surface area contributed by atoms with Crippen LogP contribution in [0.2, 0.25) is 0 Å². The Balaban J connectivity index is 1.45. The zero-order valence-corrected chi connectivity index (χ0v) is 12.7. The van der Waals surface area contributed by atoms with E-state index in [1.165, 1.54) is 0 Å². The van der Waals surface area contributed by atoms with Gasteiger partial charge in [0.05, 0.1) is 17.6 Å². The van der Waals surface area contributed by atoms with Gasteiger partial charge < -0.3 is 15.0 Å². The summed E-state index contributed by atoms with van der Waals surface area (Å²) in [7, 11) is 0. The molecule has 2 aromatic heterocycles. The van der Waals surface area contributed by atoms with E-state index in [2.05, 4.69) is 15.0 Å². The molecule has 7 heteroatoms. The second kappa shape index (κ2) is 7.13. The van der Waals surface area contributed by atoms with E-state index in [9.17, 15) is 0 Å². The third kappa shape index (κ3) is 3.88. The van der Waals surface area contributed by atoms with E-state index in [1.807, 2.05) is 17.5 Å². The molecule has 6 nitrogen and oxygen atoms in total. The topological polar surface area (TPSA) is 77.4 Å². The predicted molar refractivity (Wildman–Crippen MR) is 81.2 cm³/mol. The summed E-state index contributed by atoms with van der Waals surface area (Å²) in [5.41, 5.74) is 5.65. The highest BCUT2D eigenvalue weighted by Gasteiger charge is 2.18. The molecule has 1 aliphatic heterocycles. The minimum Gasteiger partial charge on any atom is -0.374 e. The molecule has 0 aliphatic carbocycles. The second-order valence-corrected chi connectivity index (χ2v) is 6.07. The fourth-order valence-corrected chi connectivity index (χ4v) is 3.09. The predicted octanol–water partition coefficient (Wildman–Crippen LogP) is 1.39. The summed E-state index contributed by atoms with van der Waals surface area (Å²) < 4.78 is 10.9. The average molecular weight is 308 g/mol. The number of aromatic nitrogens is 2. The molecular weight excluding hydrogens is 288 g/mol. The number of nitrogens with two attached hydrogens (primary N) is 1. The van der Waals surface area contributed by atoms with Crippen LogP contribution in [0.5, 0.6) is 0 Å². The maximum Gasteiger partial charge on any atom is 0.227 e. The summed E-state index contributed by atoms with van der Waals surface area (Å²) in [6, 6.07) is 3.99. The van der Waals surface area contributed by atoms with Crippen LogP contribution < -0.4 is 5.73 Å². The van der Waals surface area contributed by atoms with Gasteiger partial charge in [0.2, 0.25) is 11.7 Å². The molecule has 1 fully saturated rings. The smallest absolute Gasteiger partial charge is 0.227 e. The van der Waals surface area contributed by atoms with Crippen molar-refractivity contribution in [3.8, 4) is 10.7 Å². The Bertz CT molecular complexity index is 543. The average Bonchev–Trinajstić information content (AvgIpc) is 3.18. The van der Waals surface area contributed by atoms with Gasteiger partial charge in [0, 0.05) is 26.1 Å². The number of rotatable bonds is 6. The Morgan fingerprint density at radius 2 is 2.43 bits per heavy atom. The molecule has 3 rings (SSSR count). The van der Waals surface area contributed by atoms with E-state index in [0.29, 0.717) is 18.3 Å². The van der Waals surface area contributed by atoms with Gasteiger partial charge >= 0.3 is 0 Å². The molecular formula is C14H20N4O2S. The first kappa shape index (κ1) is 14.6. The molecule has 1 aliphatic rings. The third-order valence-electron chi connectivity index (χ3n) is 3.56. The largest absolute Gasteiger partial charge is 0.374 e. The quantitative estimate of drug-likeness (QED) is 0.869. The molecule has 2 N–H and O–H groups in total. The van der Waals surface area contributed by atoms with E-state index < -0.39 is 0 Å². The highest BCUT2D eigenvalue weighted by atomic mass is 32.1. The van der Waals surface area contributed by atoms with Gasteiger partial charge in [-0.1, -0.05) is 11.2 Å². The summed E-state index contributed by atoms with van der Waals surface area (Å²) in [4.78, 5) is 7.87. The highest BCUT2D eigenvalue weighted by Crippen LogP contribution is 2.21. The lowest BCUT2D eigenvalue weighted by Crippen LogP contribution is -2.45. The summed E-state index contributed by atoms with van der Waals surface area (Å²) in [5, 5.41) is 6.04. The molecule has 0 radical (unpaired) electrons. The lowest BCUT2D eigenvalue weighted by Gasteiger charge is -2.32. The molecule has 0 aromatic carbocycles. The van der Waals surface area contributed by atoms with Crippen molar-refractivity contribution in [2.24, 2.45) is 5.73 Å². The molecule has 0 bridgehead atoms. The van der Waals surface area contributed by atoms with Gasteiger partial charge in [-0.3, -0.25) is 4.90 Å². The van der Waals surface area contributed by atoms with Gasteiger partial charge in [-0.05, 0) is 24.4 Å². The molecule has 1 saturated heterocycles. The lowest BCUT2D eigenvalue weighted by atomic mass is 10.2. The van der Waals surface area contributed by atoms with Crippen LogP contribution >= 0.6 is 11.3 Å². The maximum absolute atomic E-state index is 5.65. The molecule has 0 spiro atoms. The van der Waals surface area contributed by atoms with E-state index in [1.54, 1.807) is 11.3 Å². The van der Waals surface area contributed by atoms with Crippen molar-refractivity contribution in [3.05, 3.63) is 23.4 Å². The molecule has 0 amide bonds. The van der Waals surface area contributed by atoms with Crippen molar-refractivity contribution in [2.45, 2.75) is 18.9 Å². The van der Waals surface area contributed by atoms with Crippen LogP contribution in [0.15, 0.2) is 22.0 Å². The fraction of sp³-hybridized carbons (Fsp3) is 0.571. The second-order valence-electron chi connectivity index (χ2n) is 5.12. The van der Waals surface area contributed by atoms with Gasteiger partial charge in [0.25, 0.3) is 0 Å². The minimum absolute atomic E-state index is 0.174.